The van der Waals surface area contributed by atoms with Crippen molar-refractivity contribution < 1.29 is 19.1 Å². The fourth-order valence-corrected chi connectivity index (χ4v) is 2.85. The molecule has 0 aliphatic heterocycles. The van der Waals surface area contributed by atoms with E-state index >= 15 is 0 Å². The molecule has 4 heteroatoms. The maximum absolute atomic E-state index is 11.9. The summed E-state index contributed by atoms with van der Waals surface area (Å²) in [6.07, 6.45) is 4.78. The van der Waals surface area contributed by atoms with Gasteiger partial charge in [0.2, 0.25) is 0 Å². The number of hydrogen-bond acceptors (Lipinski definition) is 4. The van der Waals surface area contributed by atoms with Crippen molar-refractivity contribution in [2.75, 3.05) is 13.2 Å². The number of ether oxygens (including phenoxy) is 2. The lowest BCUT2D eigenvalue weighted by Crippen LogP contribution is -2.04. The highest BCUT2D eigenvalue weighted by molar-refractivity contribution is 5.97. The van der Waals surface area contributed by atoms with Crippen LogP contribution < -0.4 is 9.47 Å². The van der Waals surface area contributed by atoms with Crippen LogP contribution in [0.4, 0.5) is 0 Å². The highest BCUT2D eigenvalue weighted by atomic mass is 16.5. The first-order chi connectivity index (χ1) is 13.5. The molecule has 2 aromatic rings. The van der Waals surface area contributed by atoms with Gasteiger partial charge in [0, 0.05) is 0 Å². The maximum atomic E-state index is 11.9. The number of carbonyl (C=O) groups is 2. The van der Waals surface area contributed by atoms with Gasteiger partial charge in [-0.2, -0.15) is 0 Å². The van der Waals surface area contributed by atoms with E-state index in [9.17, 15) is 9.59 Å². The second-order valence-corrected chi connectivity index (χ2v) is 6.47. The first-order valence-corrected chi connectivity index (χ1v) is 9.21. The van der Waals surface area contributed by atoms with Crippen LogP contribution in [-0.2, 0) is 12.8 Å². The Labute approximate surface area is 166 Å². The van der Waals surface area contributed by atoms with Crippen LogP contribution in [0, 0.1) is 0 Å². The molecule has 0 N–H and O–H groups in total. The largest absolute Gasteiger partial charge is 0.489 e. The normalized spacial score (nSPS) is 10.2. The summed E-state index contributed by atoms with van der Waals surface area (Å²) in [5, 5.41) is 0. The fourth-order valence-electron chi connectivity index (χ4n) is 2.85. The van der Waals surface area contributed by atoms with Crippen LogP contribution in [0.1, 0.15) is 45.7 Å². The van der Waals surface area contributed by atoms with E-state index in [4.69, 9.17) is 9.47 Å². The van der Waals surface area contributed by atoms with E-state index in [1.165, 1.54) is 13.8 Å². The number of Topliss-reactive ketones (excluding diaryl/α,β-unsaturated/α-hetero) is 2. The number of benzene rings is 2. The van der Waals surface area contributed by atoms with Gasteiger partial charge < -0.3 is 9.47 Å². The van der Waals surface area contributed by atoms with Gasteiger partial charge in [-0.1, -0.05) is 37.4 Å². The van der Waals surface area contributed by atoms with Gasteiger partial charge in [0.25, 0.3) is 0 Å². The molecular formula is C24H26O4. The quantitative estimate of drug-likeness (QED) is 0.407. The van der Waals surface area contributed by atoms with Crippen LogP contribution in [0.2, 0.25) is 0 Å². The number of ketones is 2. The molecule has 0 heterocycles. The molecule has 0 amide bonds. The van der Waals surface area contributed by atoms with E-state index in [1.54, 1.807) is 12.2 Å². The third-order valence-electron chi connectivity index (χ3n) is 4.26. The molecule has 0 unspecified atom stereocenters. The third-order valence-corrected chi connectivity index (χ3v) is 4.26. The lowest BCUT2D eigenvalue weighted by molar-refractivity contribution is 0.100. The van der Waals surface area contributed by atoms with Crippen molar-refractivity contribution in [3.05, 3.63) is 84.0 Å². The predicted molar refractivity (Wildman–Crippen MR) is 112 cm³/mol. The number of rotatable bonds is 11. The minimum Gasteiger partial charge on any atom is -0.489 e. The van der Waals surface area contributed by atoms with Crippen molar-refractivity contribution in [2.45, 2.75) is 26.7 Å². The zero-order valence-electron chi connectivity index (χ0n) is 16.5. The second-order valence-electron chi connectivity index (χ2n) is 6.47. The number of hydrogen-bond donors (Lipinski definition) is 0. The van der Waals surface area contributed by atoms with Crippen LogP contribution in [0.15, 0.2) is 61.7 Å². The van der Waals surface area contributed by atoms with Gasteiger partial charge in [-0.05, 0) is 62.1 Å². The van der Waals surface area contributed by atoms with Crippen LogP contribution >= 0.6 is 0 Å². The van der Waals surface area contributed by atoms with Crippen molar-refractivity contribution in [2.24, 2.45) is 0 Å². The van der Waals surface area contributed by atoms with Gasteiger partial charge in [-0.15, -0.1) is 0 Å². The van der Waals surface area contributed by atoms with Gasteiger partial charge >= 0.3 is 0 Å². The molecule has 0 fully saturated rings. The van der Waals surface area contributed by atoms with E-state index in [-0.39, 0.29) is 11.6 Å². The molecule has 0 atom stereocenters. The van der Waals surface area contributed by atoms with Crippen LogP contribution in [0.5, 0.6) is 11.5 Å². The number of aryl methyl sites for hydroxylation is 2. The summed E-state index contributed by atoms with van der Waals surface area (Å²) < 4.78 is 11.1. The maximum Gasteiger partial charge on any atom is 0.163 e. The summed E-state index contributed by atoms with van der Waals surface area (Å²) in [4.78, 5) is 23.9. The fraction of sp³-hybridized carbons (Fsp3) is 0.250. The molecule has 4 nitrogen and oxygen atoms in total. The minimum absolute atomic E-state index is 0.0384. The Hall–Kier alpha value is -3.14. The topological polar surface area (TPSA) is 52.6 Å². The highest BCUT2D eigenvalue weighted by Crippen LogP contribution is 2.24. The summed E-state index contributed by atoms with van der Waals surface area (Å²) in [6, 6.07) is 11.3. The van der Waals surface area contributed by atoms with E-state index < -0.39 is 0 Å². The van der Waals surface area contributed by atoms with E-state index in [2.05, 4.69) is 13.2 Å². The molecule has 0 aliphatic carbocycles. The second kappa shape index (κ2) is 10.3. The molecule has 0 bridgehead atoms. The van der Waals surface area contributed by atoms with Crippen molar-refractivity contribution >= 4 is 11.6 Å². The zero-order chi connectivity index (χ0) is 20.5. The molecule has 0 saturated heterocycles. The Bertz CT molecular complexity index is 807. The standard InChI is InChI=1S/C24H26O4/c1-5-13-27-23-11-9-19(15-21(23)17(3)25)7-8-20-10-12-24(28-14-6-2)22(16-20)18(4)26/h5-6,9-12,15-16H,1-2,7-8,13-14H2,3-4H3. The van der Waals surface area contributed by atoms with Gasteiger partial charge in [0.1, 0.15) is 24.7 Å². The van der Waals surface area contributed by atoms with Gasteiger partial charge in [-0.3, -0.25) is 9.59 Å². The third kappa shape index (κ3) is 5.68. The zero-order valence-corrected chi connectivity index (χ0v) is 16.5. The molecule has 0 aromatic heterocycles. The van der Waals surface area contributed by atoms with Crippen molar-refractivity contribution in [1.29, 1.82) is 0 Å². The average Bonchev–Trinajstić information content (AvgIpc) is 2.69. The smallest absolute Gasteiger partial charge is 0.163 e. The monoisotopic (exact) mass is 378 g/mol. The van der Waals surface area contributed by atoms with Crippen LogP contribution in [0.25, 0.3) is 0 Å². The van der Waals surface area contributed by atoms with Crippen molar-refractivity contribution in [3.63, 3.8) is 0 Å². The summed E-state index contributed by atoms with van der Waals surface area (Å²) in [7, 11) is 0. The van der Waals surface area contributed by atoms with Gasteiger partial charge in [-0.25, -0.2) is 0 Å². The predicted octanol–water partition coefficient (Wildman–Crippen LogP) is 5.01. The van der Waals surface area contributed by atoms with Crippen LogP contribution in [0.3, 0.4) is 0 Å². The number of carbonyl (C=O) groups excluding carboxylic acids is 2. The highest BCUT2D eigenvalue weighted by Gasteiger charge is 2.12. The first kappa shape index (κ1) is 21.2. The minimum atomic E-state index is -0.0384. The molecule has 2 aromatic carbocycles. The SMILES string of the molecule is C=CCOc1ccc(CCc2ccc(OCC=C)c(C(C)=O)c2)cc1C(C)=O. The Kier molecular flexibility index (Phi) is 7.76. The summed E-state index contributed by atoms with van der Waals surface area (Å²) in [6.45, 7) is 11.0. The molecule has 146 valence electrons. The Morgan fingerprint density at radius 3 is 1.50 bits per heavy atom. The summed E-state index contributed by atoms with van der Waals surface area (Å²) in [5.41, 5.74) is 3.20. The van der Waals surface area contributed by atoms with Gasteiger partial charge in [0.05, 0.1) is 11.1 Å². The molecule has 0 radical (unpaired) electrons. The molecular weight excluding hydrogens is 352 g/mol. The van der Waals surface area contributed by atoms with E-state index in [0.29, 0.717) is 35.8 Å². The van der Waals surface area contributed by atoms with Crippen molar-refractivity contribution in [3.8, 4) is 11.5 Å². The average molecular weight is 378 g/mol. The van der Waals surface area contributed by atoms with Crippen LogP contribution in [-0.4, -0.2) is 24.8 Å². The Morgan fingerprint density at radius 2 is 1.18 bits per heavy atom. The molecule has 0 aliphatic rings. The summed E-state index contributed by atoms with van der Waals surface area (Å²) >= 11 is 0. The Morgan fingerprint density at radius 1 is 0.786 bits per heavy atom. The lowest BCUT2D eigenvalue weighted by Gasteiger charge is -2.12. The first-order valence-electron chi connectivity index (χ1n) is 9.21. The van der Waals surface area contributed by atoms with Crippen molar-refractivity contribution in [1.82, 2.24) is 0 Å². The molecule has 0 saturated carbocycles. The Balaban J connectivity index is 2.16. The van der Waals surface area contributed by atoms with E-state index in [0.717, 1.165) is 24.0 Å². The summed E-state index contributed by atoms with van der Waals surface area (Å²) in [5.74, 6) is 1.06. The van der Waals surface area contributed by atoms with E-state index in [1.807, 2.05) is 36.4 Å². The molecule has 28 heavy (non-hydrogen) atoms. The van der Waals surface area contributed by atoms with Gasteiger partial charge in [0.15, 0.2) is 11.6 Å². The molecule has 0 spiro atoms. The molecule has 2 rings (SSSR count). The lowest BCUT2D eigenvalue weighted by atomic mass is 9.98.